The largest absolute Gasteiger partial charge is 0.426 e. The molecule has 8 heavy (non-hydrogen) atoms. The van der Waals surface area contributed by atoms with Crippen LogP contribution in [-0.4, -0.2) is 7.97 Å². The van der Waals surface area contributed by atoms with Crippen LogP contribution in [0.3, 0.4) is 0 Å². The van der Waals surface area contributed by atoms with Crippen molar-refractivity contribution in [1.29, 1.82) is 0 Å². The lowest BCUT2D eigenvalue weighted by atomic mass is 10.8. The summed E-state index contributed by atoms with van der Waals surface area (Å²) in [6.07, 6.45) is -4.39. The van der Waals surface area contributed by atoms with Gasteiger partial charge in [-0.05, 0) is 38.5 Å². The van der Waals surface area contributed by atoms with Crippen molar-refractivity contribution in [3.8, 4) is 0 Å². The molecule has 0 radical (unpaired) electrons. The average Bonchev–Trinajstić information content (AvgIpc) is 1.25. The molecular weight excluding hydrogens is 323 g/mol. The number of rotatable bonds is 0. The first kappa shape index (κ1) is 9.29. The maximum absolute atomic E-state index is 11.4. The Hall–Kier alpha value is 1.29. The first-order valence-electron chi connectivity index (χ1n) is 1.38. The van der Waals surface area contributed by atoms with Gasteiger partial charge in [-0.25, -0.2) is 0 Å². The Morgan fingerprint density at radius 3 is 1.50 bits per heavy atom. The fourth-order valence-corrected chi connectivity index (χ4v) is 0. The zero-order valence-corrected chi connectivity index (χ0v) is 7.77. The van der Waals surface area contributed by atoms with E-state index in [1.54, 1.807) is 0 Å². The van der Waals surface area contributed by atoms with Crippen LogP contribution in [-0.2, 0) is 0 Å². The second-order valence-corrected chi connectivity index (χ2v) is 6.95. The number of halogens is 6. The molecule has 1 unspecified atom stereocenters. The second kappa shape index (κ2) is 2.49. The quantitative estimate of drug-likeness (QED) is 0.474. The molecule has 6 heteroatoms. The van der Waals surface area contributed by atoms with Crippen molar-refractivity contribution in [2.24, 2.45) is 0 Å². The first-order valence-corrected chi connectivity index (χ1v) is 3.63. The number of hydrogen-bond acceptors (Lipinski definition) is 0. The molecule has 50 valence electrons. The molecule has 0 bridgehead atoms. The fraction of sp³-hybridized carbons (Fsp3) is 1.00. The Bertz CT molecular complexity index is 72.3. The molecular formula is C2BrClF3I. The van der Waals surface area contributed by atoms with Gasteiger partial charge in [-0.2, -0.15) is 13.2 Å². The molecule has 0 aliphatic carbocycles. The van der Waals surface area contributed by atoms with E-state index in [1.165, 1.54) is 0 Å². The molecule has 0 saturated heterocycles. The first-order chi connectivity index (χ1) is 3.25. The molecule has 0 aliphatic heterocycles. The third kappa shape index (κ3) is 2.72. The monoisotopic (exact) mass is 322 g/mol. The van der Waals surface area contributed by atoms with Crippen molar-refractivity contribution in [3.05, 3.63) is 0 Å². The molecule has 0 heterocycles. The average molecular weight is 323 g/mol. The van der Waals surface area contributed by atoms with Crippen LogP contribution in [0.1, 0.15) is 0 Å². The Morgan fingerprint density at radius 2 is 1.50 bits per heavy atom. The van der Waals surface area contributed by atoms with Gasteiger partial charge < -0.3 is 0 Å². The maximum Gasteiger partial charge on any atom is 0.426 e. The highest BCUT2D eigenvalue weighted by Crippen LogP contribution is 2.46. The SMILES string of the molecule is FC(F)(F)C(Cl)(Br)I. The molecule has 0 aromatic heterocycles. The Labute approximate surface area is 71.0 Å². The summed E-state index contributed by atoms with van der Waals surface area (Å²) in [4.78, 5) is 0. The Balaban J connectivity index is 4.02. The van der Waals surface area contributed by atoms with Gasteiger partial charge in [0.1, 0.15) is 0 Å². The predicted octanol–water partition coefficient (Wildman–Crippen LogP) is 3.27. The molecule has 0 aromatic rings. The van der Waals surface area contributed by atoms with Crippen LogP contribution < -0.4 is 0 Å². The van der Waals surface area contributed by atoms with Crippen LogP contribution in [0, 0.1) is 0 Å². The zero-order chi connectivity index (χ0) is 7.00. The molecule has 0 fully saturated rings. The van der Waals surface area contributed by atoms with Gasteiger partial charge in [-0.15, -0.1) is 0 Å². The lowest BCUT2D eigenvalue weighted by molar-refractivity contribution is -0.116. The third-order valence-corrected chi connectivity index (χ3v) is 1.60. The van der Waals surface area contributed by atoms with E-state index in [0.717, 1.165) is 22.6 Å². The van der Waals surface area contributed by atoms with Crippen molar-refractivity contribution >= 4 is 50.1 Å². The van der Waals surface area contributed by atoms with E-state index < -0.39 is 7.97 Å². The van der Waals surface area contributed by atoms with Crippen LogP contribution in [0.4, 0.5) is 13.2 Å². The molecule has 0 saturated carbocycles. The van der Waals surface area contributed by atoms with Crippen molar-refractivity contribution in [1.82, 2.24) is 0 Å². The van der Waals surface area contributed by atoms with Gasteiger partial charge in [-0.1, -0.05) is 11.6 Å². The maximum atomic E-state index is 11.4. The molecule has 1 atom stereocenters. The summed E-state index contributed by atoms with van der Waals surface area (Å²) in [6, 6.07) is 0. The van der Waals surface area contributed by atoms with Gasteiger partial charge in [0.2, 0.25) is 1.79 Å². The van der Waals surface area contributed by atoms with E-state index in [-0.39, 0.29) is 0 Å². The standard InChI is InChI=1S/C2BrClF3I/c3-1(4,8)2(5,6)7. The van der Waals surface area contributed by atoms with E-state index in [4.69, 9.17) is 11.6 Å². The topological polar surface area (TPSA) is 0 Å². The van der Waals surface area contributed by atoms with Gasteiger partial charge >= 0.3 is 6.18 Å². The minimum atomic E-state index is -4.39. The van der Waals surface area contributed by atoms with Gasteiger partial charge in [0.25, 0.3) is 0 Å². The van der Waals surface area contributed by atoms with Gasteiger partial charge in [0, 0.05) is 0 Å². The van der Waals surface area contributed by atoms with Crippen molar-refractivity contribution in [2.75, 3.05) is 0 Å². The molecule has 0 rings (SSSR count). The Kier molecular flexibility index (Phi) is 2.90. The minimum Gasteiger partial charge on any atom is -0.167 e. The van der Waals surface area contributed by atoms with Crippen molar-refractivity contribution < 1.29 is 13.2 Å². The lowest BCUT2D eigenvalue weighted by Gasteiger charge is -2.14. The van der Waals surface area contributed by atoms with Crippen molar-refractivity contribution in [3.63, 3.8) is 0 Å². The molecule has 0 aliphatic rings. The highest BCUT2D eigenvalue weighted by atomic mass is 127. The van der Waals surface area contributed by atoms with Crippen LogP contribution >= 0.6 is 50.1 Å². The number of alkyl halides is 6. The van der Waals surface area contributed by atoms with Crippen LogP contribution in [0.5, 0.6) is 0 Å². The number of hydrogen-bond donors (Lipinski definition) is 0. The van der Waals surface area contributed by atoms with E-state index in [1.807, 2.05) is 0 Å². The molecule has 0 nitrogen and oxygen atoms in total. The smallest absolute Gasteiger partial charge is 0.167 e. The summed E-state index contributed by atoms with van der Waals surface area (Å²) in [5.74, 6) is 0. The van der Waals surface area contributed by atoms with Gasteiger partial charge in [0.15, 0.2) is 0 Å². The second-order valence-electron chi connectivity index (χ2n) is 0.996. The molecule has 0 aromatic carbocycles. The van der Waals surface area contributed by atoms with Crippen LogP contribution in [0.15, 0.2) is 0 Å². The Morgan fingerprint density at radius 1 is 1.38 bits per heavy atom. The predicted molar refractivity (Wildman–Crippen MR) is 37.6 cm³/mol. The molecule has 0 N–H and O–H groups in total. The molecule has 0 amide bonds. The van der Waals surface area contributed by atoms with Crippen molar-refractivity contribution in [2.45, 2.75) is 7.97 Å². The van der Waals surface area contributed by atoms with E-state index in [9.17, 15) is 13.2 Å². The normalized spacial score (nSPS) is 20.2. The van der Waals surface area contributed by atoms with Gasteiger partial charge in [0.05, 0.1) is 0 Å². The summed E-state index contributed by atoms with van der Waals surface area (Å²) < 4.78 is 31.8. The summed E-state index contributed by atoms with van der Waals surface area (Å²) in [6.45, 7) is 0. The fourth-order valence-electron chi connectivity index (χ4n) is 0. The highest BCUT2D eigenvalue weighted by Gasteiger charge is 2.49. The summed E-state index contributed by atoms with van der Waals surface area (Å²) in [5, 5.41) is 0. The van der Waals surface area contributed by atoms with E-state index in [2.05, 4.69) is 15.9 Å². The van der Waals surface area contributed by atoms with Crippen LogP contribution in [0.2, 0.25) is 0 Å². The minimum absolute atomic E-state index is 1.04. The summed E-state index contributed by atoms with van der Waals surface area (Å²) in [5.41, 5.74) is 0. The van der Waals surface area contributed by atoms with E-state index >= 15 is 0 Å². The highest BCUT2D eigenvalue weighted by molar-refractivity contribution is 14.1. The third-order valence-electron chi connectivity index (χ3n) is 0.321. The van der Waals surface area contributed by atoms with Crippen LogP contribution in [0.25, 0.3) is 0 Å². The molecule has 0 spiro atoms. The summed E-state index contributed by atoms with van der Waals surface area (Å²) >= 11 is 8.05. The zero-order valence-electron chi connectivity index (χ0n) is 3.27. The van der Waals surface area contributed by atoms with E-state index in [0.29, 0.717) is 0 Å². The summed E-state index contributed by atoms with van der Waals surface area (Å²) in [7, 11) is 0. The van der Waals surface area contributed by atoms with Gasteiger partial charge in [-0.3, -0.25) is 0 Å². The lowest BCUT2D eigenvalue weighted by Crippen LogP contribution is -2.26.